The van der Waals surface area contributed by atoms with Crippen molar-refractivity contribution in [1.82, 2.24) is 9.55 Å². The molecule has 3 rings (SSSR count). The molecule has 1 heterocycles. The second kappa shape index (κ2) is 9.41. The fraction of sp³-hybridized carbons (Fsp3) is 0.318. The lowest BCUT2D eigenvalue weighted by atomic mass is 9.93. The molecule has 0 saturated heterocycles. The van der Waals surface area contributed by atoms with Crippen LogP contribution in [-0.2, 0) is 24.3 Å². The first-order valence-electron chi connectivity index (χ1n) is 9.11. The van der Waals surface area contributed by atoms with Gasteiger partial charge >= 0.3 is 0 Å². The van der Waals surface area contributed by atoms with E-state index in [4.69, 9.17) is 27.9 Å². The van der Waals surface area contributed by atoms with E-state index in [0.29, 0.717) is 6.61 Å². The summed E-state index contributed by atoms with van der Waals surface area (Å²) >= 11 is 12.0. The van der Waals surface area contributed by atoms with Gasteiger partial charge in [0.1, 0.15) is 0 Å². The maximum Gasteiger partial charge on any atom is 0.0945 e. The third kappa shape index (κ3) is 6.39. The Morgan fingerprint density at radius 2 is 1.56 bits per heavy atom. The topological polar surface area (TPSA) is 27.1 Å². The number of hydrogen-bond acceptors (Lipinski definition) is 2. The summed E-state index contributed by atoms with van der Waals surface area (Å²) in [4.78, 5) is 4.12. The number of nitrogens with zero attached hydrogens (tertiary/aromatic N) is 2. The lowest BCUT2D eigenvalue weighted by molar-refractivity contribution is -0.0569. The molecule has 0 bridgehead atoms. The molecule has 3 nitrogen and oxygen atoms in total. The molecule has 0 saturated carbocycles. The van der Waals surface area contributed by atoms with Crippen LogP contribution in [0.4, 0.5) is 0 Å². The quantitative estimate of drug-likeness (QED) is 0.426. The maximum atomic E-state index is 6.40. The molecule has 1 atom stereocenters. The minimum absolute atomic E-state index is 0.246. The van der Waals surface area contributed by atoms with E-state index in [-0.39, 0.29) is 5.60 Å². The predicted molar refractivity (Wildman–Crippen MR) is 111 cm³/mol. The minimum Gasteiger partial charge on any atom is -0.371 e. The number of aromatic nitrogens is 2. The number of aryl methyl sites for hydroxylation is 2. The van der Waals surface area contributed by atoms with E-state index in [2.05, 4.69) is 28.6 Å². The van der Waals surface area contributed by atoms with Crippen molar-refractivity contribution in [1.29, 1.82) is 0 Å². The molecular formula is C22H24Cl2N2O. The predicted octanol–water partition coefficient (Wildman–Crippen LogP) is 6.19. The molecule has 2 aromatic carbocycles. The van der Waals surface area contributed by atoms with E-state index in [1.165, 1.54) is 5.56 Å². The average molecular weight is 403 g/mol. The molecule has 0 spiro atoms. The van der Waals surface area contributed by atoms with Crippen molar-refractivity contribution in [3.8, 4) is 0 Å². The van der Waals surface area contributed by atoms with Crippen LogP contribution in [0.1, 0.15) is 30.9 Å². The van der Waals surface area contributed by atoms with E-state index < -0.39 is 0 Å². The van der Waals surface area contributed by atoms with E-state index in [1.807, 2.05) is 48.9 Å². The van der Waals surface area contributed by atoms with Gasteiger partial charge in [0.15, 0.2) is 0 Å². The zero-order chi connectivity index (χ0) is 19.1. The summed E-state index contributed by atoms with van der Waals surface area (Å²) < 4.78 is 8.49. The van der Waals surface area contributed by atoms with Crippen molar-refractivity contribution in [3.05, 3.63) is 88.4 Å². The summed E-state index contributed by atoms with van der Waals surface area (Å²) in [6.45, 7) is 3.63. The van der Waals surface area contributed by atoms with Crippen LogP contribution >= 0.6 is 23.2 Å². The van der Waals surface area contributed by atoms with Crippen LogP contribution in [0.3, 0.4) is 0 Å². The monoisotopic (exact) mass is 402 g/mol. The second-order valence-corrected chi connectivity index (χ2v) is 7.91. The Balaban J connectivity index is 1.64. The summed E-state index contributed by atoms with van der Waals surface area (Å²) in [6.07, 6.45) is 8.41. The zero-order valence-corrected chi connectivity index (χ0v) is 17.0. The lowest BCUT2D eigenvalue weighted by Gasteiger charge is -2.30. The van der Waals surface area contributed by atoms with Crippen LogP contribution in [0.25, 0.3) is 0 Å². The van der Waals surface area contributed by atoms with E-state index in [1.54, 1.807) is 6.20 Å². The molecule has 0 N–H and O–H groups in total. The molecule has 0 aliphatic heterocycles. The zero-order valence-electron chi connectivity index (χ0n) is 15.4. The van der Waals surface area contributed by atoms with Crippen molar-refractivity contribution < 1.29 is 4.74 Å². The van der Waals surface area contributed by atoms with Crippen LogP contribution in [0.2, 0.25) is 10.0 Å². The molecule has 27 heavy (non-hydrogen) atoms. The number of hydrogen-bond donors (Lipinski definition) is 0. The molecular weight excluding hydrogens is 379 g/mol. The number of rotatable bonds is 9. The molecule has 3 aromatic rings. The van der Waals surface area contributed by atoms with Crippen molar-refractivity contribution in [3.63, 3.8) is 0 Å². The van der Waals surface area contributed by atoms with Crippen molar-refractivity contribution in [2.24, 2.45) is 0 Å². The number of benzene rings is 2. The van der Waals surface area contributed by atoms with Crippen LogP contribution < -0.4 is 0 Å². The Labute approximate surface area is 170 Å². The molecule has 5 heteroatoms. The van der Waals surface area contributed by atoms with E-state index >= 15 is 0 Å². The van der Waals surface area contributed by atoms with Gasteiger partial charge in [-0.15, -0.1) is 0 Å². The normalized spacial score (nSPS) is 13.4. The number of ether oxygens (including phenoxy) is 1. The fourth-order valence-electron chi connectivity index (χ4n) is 2.95. The Bertz CT molecular complexity index is 765. The summed E-state index contributed by atoms with van der Waals surface area (Å²) in [7, 11) is 0. The first kappa shape index (κ1) is 19.9. The van der Waals surface area contributed by atoms with Gasteiger partial charge in [-0.05, 0) is 61.6 Å². The Morgan fingerprint density at radius 1 is 0.926 bits per heavy atom. The summed E-state index contributed by atoms with van der Waals surface area (Å²) in [6, 6.07) is 15.9. The molecule has 0 radical (unpaired) electrons. The smallest absolute Gasteiger partial charge is 0.0945 e. The van der Waals surface area contributed by atoms with Gasteiger partial charge in [0, 0.05) is 29.0 Å². The van der Waals surface area contributed by atoms with Gasteiger partial charge < -0.3 is 9.30 Å². The standard InChI is InChI=1S/C22H24Cl2N2O/c1-22(12-14-26-15-13-25-17-26,11-10-18-2-6-20(23)7-3-18)27-16-19-4-8-21(24)9-5-19/h2-9,13,15,17H,10-12,14,16H2,1H3. The van der Waals surface area contributed by atoms with Crippen molar-refractivity contribution in [2.75, 3.05) is 0 Å². The molecule has 0 aliphatic rings. The highest BCUT2D eigenvalue weighted by molar-refractivity contribution is 6.30. The van der Waals surface area contributed by atoms with E-state index in [9.17, 15) is 0 Å². The van der Waals surface area contributed by atoms with Gasteiger partial charge in [-0.2, -0.15) is 0 Å². The van der Waals surface area contributed by atoms with Crippen LogP contribution in [0.15, 0.2) is 67.3 Å². The Kier molecular flexibility index (Phi) is 6.95. The first-order valence-corrected chi connectivity index (χ1v) is 9.87. The molecule has 1 unspecified atom stereocenters. The molecule has 0 aliphatic carbocycles. The maximum absolute atomic E-state index is 6.40. The SMILES string of the molecule is CC(CCc1ccc(Cl)cc1)(CCn1ccnc1)OCc1ccc(Cl)cc1. The molecule has 142 valence electrons. The van der Waals surface area contributed by atoms with Gasteiger partial charge in [-0.25, -0.2) is 4.98 Å². The van der Waals surface area contributed by atoms with E-state index in [0.717, 1.165) is 41.4 Å². The minimum atomic E-state index is -0.246. The Hall–Kier alpha value is -1.81. The van der Waals surface area contributed by atoms with Gasteiger partial charge in [0.25, 0.3) is 0 Å². The second-order valence-electron chi connectivity index (χ2n) is 7.04. The third-order valence-corrected chi connectivity index (χ3v) is 5.32. The van der Waals surface area contributed by atoms with Crippen molar-refractivity contribution in [2.45, 2.75) is 44.9 Å². The van der Waals surface area contributed by atoms with Gasteiger partial charge in [0.05, 0.1) is 18.5 Å². The highest BCUT2D eigenvalue weighted by atomic mass is 35.5. The molecule has 1 aromatic heterocycles. The first-order chi connectivity index (χ1) is 13.0. The Morgan fingerprint density at radius 3 is 2.15 bits per heavy atom. The van der Waals surface area contributed by atoms with Gasteiger partial charge in [-0.3, -0.25) is 0 Å². The summed E-state index contributed by atoms with van der Waals surface area (Å²) in [5.74, 6) is 0. The lowest BCUT2D eigenvalue weighted by Crippen LogP contribution is -2.31. The largest absolute Gasteiger partial charge is 0.371 e. The van der Waals surface area contributed by atoms with Crippen LogP contribution in [-0.4, -0.2) is 15.2 Å². The highest BCUT2D eigenvalue weighted by Crippen LogP contribution is 2.26. The van der Waals surface area contributed by atoms with Crippen molar-refractivity contribution >= 4 is 23.2 Å². The number of halogens is 2. The molecule has 0 amide bonds. The van der Waals surface area contributed by atoms with Crippen LogP contribution in [0.5, 0.6) is 0 Å². The molecule has 0 fully saturated rings. The van der Waals surface area contributed by atoms with Gasteiger partial charge in [0.2, 0.25) is 0 Å². The van der Waals surface area contributed by atoms with Gasteiger partial charge in [-0.1, -0.05) is 47.5 Å². The van der Waals surface area contributed by atoms with Crippen LogP contribution in [0, 0.1) is 0 Å². The average Bonchev–Trinajstić information content (AvgIpc) is 3.20. The summed E-state index contributed by atoms with van der Waals surface area (Å²) in [5, 5.41) is 1.50. The fourth-order valence-corrected chi connectivity index (χ4v) is 3.20. The number of imidazole rings is 1. The summed E-state index contributed by atoms with van der Waals surface area (Å²) in [5.41, 5.74) is 2.15. The third-order valence-electron chi connectivity index (χ3n) is 4.81. The highest BCUT2D eigenvalue weighted by Gasteiger charge is 2.25.